The van der Waals surface area contributed by atoms with Gasteiger partial charge < -0.3 is 4.57 Å². The number of aromatic nitrogens is 3. The van der Waals surface area contributed by atoms with Crippen molar-refractivity contribution in [3.05, 3.63) is 58.2 Å². The average molecular weight is 383 g/mol. The molecule has 0 spiro atoms. The second-order valence-corrected chi connectivity index (χ2v) is 8.86. The summed E-state index contributed by atoms with van der Waals surface area (Å²) in [6.45, 7) is 3.09. The van der Waals surface area contributed by atoms with E-state index in [1.165, 1.54) is 12.5 Å². The van der Waals surface area contributed by atoms with E-state index in [0.717, 1.165) is 53.6 Å². The first-order chi connectivity index (χ1) is 13.2. The van der Waals surface area contributed by atoms with Crippen LogP contribution in [0.5, 0.6) is 0 Å². The van der Waals surface area contributed by atoms with E-state index in [0.29, 0.717) is 5.56 Å². The van der Waals surface area contributed by atoms with Crippen LogP contribution in [0.1, 0.15) is 53.9 Å². The molecule has 1 N–H and O–H groups in total. The minimum Gasteiger partial charge on any atom is -0.334 e. The number of aryl methyl sites for hydroxylation is 2. The zero-order valence-electron chi connectivity index (χ0n) is 15.4. The molecule has 5 rings (SSSR count). The third-order valence-corrected chi connectivity index (χ3v) is 7.12. The molecule has 1 fully saturated rings. The van der Waals surface area contributed by atoms with Crippen molar-refractivity contribution in [1.29, 1.82) is 0 Å². The van der Waals surface area contributed by atoms with Crippen LogP contribution >= 0.6 is 11.3 Å². The molecule has 0 saturated heterocycles. The van der Waals surface area contributed by atoms with Crippen molar-refractivity contribution < 1.29 is 4.39 Å². The Labute approximate surface area is 162 Å². The molecular weight excluding hydrogens is 359 g/mol. The molecule has 1 saturated carbocycles. The highest BCUT2D eigenvalue weighted by atomic mass is 32.1. The van der Waals surface area contributed by atoms with E-state index in [4.69, 9.17) is 4.98 Å². The minimum atomic E-state index is -0.206. The first kappa shape index (κ1) is 17.1. The van der Waals surface area contributed by atoms with E-state index < -0.39 is 0 Å². The number of nitrogens with one attached hydrogen (secondary N) is 1. The molecule has 0 radical (unpaired) electrons. The molecule has 2 aliphatic rings. The van der Waals surface area contributed by atoms with Crippen LogP contribution in [-0.2, 0) is 12.1 Å². The molecule has 2 aromatic heterocycles. The quantitative estimate of drug-likeness (QED) is 0.694. The number of thiazole rings is 1. The van der Waals surface area contributed by atoms with Gasteiger partial charge in [0.2, 0.25) is 0 Å². The lowest BCUT2D eigenvalue weighted by atomic mass is 9.76. The molecule has 27 heavy (non-hydrogen) atoms. The number of rotatable bonds is 4. The molecule has 3 aromatic rings. The maximum Gasteiger partial charge on any atom is 0.132 e. The second-order valence-electron chi connectivity index (χ2n) is 7.66. The highest BCUT2D eigenvalue weighted by molar-refractivity contribution is 7.12. The average Bonchev–Trinajstić information content (AvgIpc) is 3.26. The SMILES string of the molecule is Cc1sc(C2(NC3CCCn4ccnc43)CCC2)nc1-c1ccccc1F. The summed E-state index contributed by atoms with van der Waals surface area (Å²) in [7, 11) is 0. The van der Waals surface area contributed by atoms with Crippen LogP contribution in [0.15, 0.2) is 36.7 Å². The third kappa shape index (κ3) is 2.82. The number of imidazole rings is 1. The van der Waals surface area contributed by atoms with Crippen LogP contribution in [0.3, 0.4) is 0 Å². The van der Waals surface area contributed by atoms with E-state index in [2.05, 4.69) is 21.1 Å². The summed E-state index contributed by atoms with van der Waals surface area (Å²) in [5.41, 5.74) is 1.28. The van der Waals surface area contributed by atoms with Gasteiger partial charge in [0.25, 0.3) is 0 Å². The van der Waals surface area contributed by atoms with Gasteiger partial charge in [-0.25, -0.2) is 14.4 Å². The number of fused-ring (bicyclic) bond motifs is 1. The Balaban J connectivity index is 1.49. The maximum absolute atomic E-state index is 14.3. The van der Waals surface area contributed by atoms with Gasteiger partial charge in [0, 0.05) is 29.4 Å². The number of halogens is 1. The Morgan fingerprint density at radius 2 is 2.11 bits per heavy atom. The highest BCUT2D eigenvalue weighted by Gasteiger charge is 2.44. The largest absolute Gasteiger partial charge is 0.334 e. The van der Waals surface area contributed by atoms with Crippen molar-refractivity contribution in [1.82, 2.24) is 19.9 Å². The zero-order chi connectivity index (χ0) is 18.4. The Kier molecular flexibility index (Phi) is 4.13. The van der Waals surface area contributed by atoms with E-state index in [1.54, 1.807) is 17.4 Å². The van der Waals surface area contributed by atoms with Crippen molar-refractivity contribution >= 4 is 11.3 Å². The van der Waals surface area contributed by atoms with E-state index in [9.17, 15) is 4.39 Å². The van der Waals surface area contributed by atoms with Gasteiger partial charge in [0.1, 0.15) is 16.6 Å². The fourth-order valence-corrected chi connectivity index (χ4v) is 5.48. The van der Waals surface area contributed by atoms with E-state index in [-0.39, 0.29) is 17.4 Å². The molecule has 1 unspecified atom stereocenters. The topological polar surface area (TPSA) is 42.7 Å². The molecule has 4 nitrogen and oxygen atoms in total. The summed E-state index contributed by atoms with van der Waals surface area (Å²) in [6.07, 6.45) is 9.58. The molecular formula is C21H23FN4S. The molecule has 0 bridgehead atoms. The Bertz CT molecular complexity index is 972. The summed E-state index contributed by atoms with van der Waals surface area (Å²) < 4.78 is 16.6. The van der Waals surface area contributed by atoms with Crippen molar-refractivity contribution in [3.63, 3.8) is 0 Å². The van der Waals surface area contributed by atoms with Gasteiger partial charge in [-0.2, -0.15) is 0 Å². The molecule has 1 aliphatic heterocycles. The summed E-state index contributed by atoms with van der Waals surface area (Å²) in [5.74, 6) is 0.928. The smallest absolute Gasteiger partial charge is 0.132 e. The van der Waals surface area contributed by atoms with Gasteiger partial charge in [0.15, 0.2) is 0 Å². The van der Waals surface area contributed by atoms with Gasteiger partial charge in [-0.3, -0.25) is 5.32 Å². The Morgan fingerprint density at radius 3 is 2.89 bits per heavy atom. The standard InChI is InChI=1S/C21H23FN4S/c1-14-18(15-6-2-3-7-16(15)22)24-20(27-14)21(9-5-10-21)25-17-8-4-12-26-13-11-23-19(17)26/h2-3,6-7,11,13,17,25H,4-5,8-10,12H2,1H3. The summed E-state index contributed by atoms with van der Waals surface area (Å²) in [4.78, 5) is 10.6. The summed E-state index contributed by atoms with van der Waals surface area (Å²) in [5, 5.41) is 5.00. The molecule has 3 heterocycles. The van der Waals surface area contributed by atoms with E-state index in [1.807, 2.05) is 25.3 Å². The first-order valence-corrected chi connectivity index (χ1v) is 10.5. The third-order valence-electron chi connectivity index (χ3n) is 5.94. The summed E-state index contributed by atoms with van der Waals surface area (Å²) in [6, 6.07) is 7.18. The lowest BCUT2D eigenvalue weighted by molar-refractivity contribution is 0.149. The predicted molar refractivity (Wildman–Crippen MR) is 105 cm³/mol. The van der Waals surface area contributed by atoms with Crippen LogP contribution in [0.25, 0.3) is 11.3 Å². The zero-order valence-corrected chi connectivity index (χ0v) is 16.2. The van der Waals surface area contributed by atoms with Crippen molar-refractivity contribution in [2.24, 2.45) is 0 Å². The molecule has 6 heteroatoms. The second kappa shape index (κ2) is 6.53. The molecule has 1 atom stereocenters. The van der Waals surface area contributed by atoms with Gasteiger partial charge in [0.05, 0.1) is 17.3 Å². The van der Waals surface area contributed by atoms with Gasteiger partial charge in [-0.1, -0.05) is 12.1 Å². The van der Waals surface area contributed by atoms with E-state index >= 15 is 0 Å². The molecule has 140 valence electrons. The normalized spacial score (nSPS) is 20.9. The Morgan fingerprint density at radius 1 is 1.26 bits per heavy atom. The molecule has 0 amide bonds. The minimum absolute atomic E-state index is 0.0995. The first-order valence-electron chi connectivity index (χ1n) is 9.68. The molecule has 1 aliphatic carbocycles. The van der Waals surface area contributed by atoms with Gasteiger partial charge in [-0.05, 0) is 51.2 Å². The fourth-order valence-electron chi connectivity index (χ4n) is 4.34. The van der Waals surface area contributed by atoms with Crippen LogP contribution < -0.4 is 5.32 Å². The Hall–Kier alpha value is -2.05. The summed E-state index contributed by atoms with van der Waals surface area (Å²) >= 11 is 1.71. The van der Waals surface area contributed by atoms with Crippen LogP contribution in [0.4, 0.5) is 4.39 Å². The van der Waals surface area contributed by atoms with Gasteiger partial charge in [-0.15, -0.1) is 11.3 Å². The number of hydrogen-bond acceptors (Lipinski definition) is 4. The lowest BCUT2D eigenvalue weighted by Gasteiger charge is -2.44. The van der Waals surface area contributed by atoms with Crippen molar-refractivity contribution in [3.8, 4) is 11.3 Å². The number of nitrogens with zero attached hydrogens (tertiary/aromatic N) is 3. The number of hydrogen-bond donors (Lipinski definition) is 1. The maximum atomic E-state index is 14.3. The van der Waals surface area contributed by atoms with Crippen molar-refractivity contribution in [2.75, 3.05) is 0 Å². The molecule has 1 aromatic carbocycles. The lowest BCUT2D eigenvalue weighted by Crippen LogP contribution is -2.50. The van der Waals surface area contributed by atoms with Crippen molar-refractivity contribution in [2.45, 2.75) is 57.2 Å². The fraction of sp³-hybridized carbons (Fsp3) is 0.429. The highest BCUT2D eigenvalue weighted by Crippen LogP contribution is 2.47. The van der Waals surface area contributed by atoms with Crippen LogP contribution in [0, 0.1) is 12.7 Å². The predicted octanol–water partition coefficient (Wildman–Crippen LogP) is 4.96. The van der Waals surface area contributed by atoms with Gasteiger partial charge >= 0.3 is 0 Å². The number of benzene rings is 1. The van der Waals surface area contributed by atoms with Crippen LogP contribution in [-0.4, -0.2) is 14.5 Å². The van der Waals surface area contributed by atoms with Crippen LogP contribution in [0.2, 0.25) is 0 Å². The monoisotopic (exact) mass is 382 g/mol.